The SMILES string of the molecule is CCCN(CC1CC1)S(=O)(=O)c1cc(CN)sc1C. The lowest BCUT2D eigenvalue weighted by Gasteiger charge is -2.21. The number of rotatable bonds is 7. The highest BCUT2D eigenvalue weighted by Crippen LogP contribution is 2.33. The fourth-order valence-electron chi connectivity index (χ4n) is 2.17. The van der Waals surface area contributed by atoms with Crippen molar-refractivity contribution in [1.29, 1.82) is 0 Å². The van der Waals surface area contributed by atoms with Crippen LogP contribution in [0.2, 0.25) is 0 Å². The number of nitrogens with zero attached hydrogens (tertiary/aromatic N) is 1. The maximum atomic E-state index is 12.7. The van der Waals surface area contributed by atoms with E-state index in [1.165, 1.54) is 11.3 Å². The maximum Gasteiger partial charge on any atom is 0.244 e. The molecule has 2 rings (SSSR count). The molecule has 0 spiro atoms. The van der Waals surface area contributed by atoms with Gasteiger partial charge in [-0.15, -0.1) is 11.3 Å². The first-order valence-corrected chi connectivity index (χ1v) is 9.04. The molecular formula is C13H22N2O2S2. The quantitative estimate of drug-likeness (QED) is 0.841. The van der Waals surface area contributed by atoms with Gasteiger partial charge in [-0.1, -0.05) is 6.92 Å². The summed E-state index contributed by atoms with van der Waals surface area (Å²) >= 11 is 1.48. The summed E-state index contributed by atoms with van der Waals surface area (Å²) in [4.78, 5) is 2.23. The summed E-state index contributed by atoms with van der Waals surface area (Å²) in [7, 11) is -3.35. The minimum Gasteiger partial charge on any atom is -0.326 e. The van der Waals surface area contributed by atoms with Gasteiger partial charge < -0.3 is 5.73 Å². The molecular weight excluding hydrogens is 280 g/mol. The Morgan fingerprint density at radius 3 is 2.63 bits per heavy atom. The van der Waals surface area contributed by atoms with Crippen molar-refractivity contribution < 1.29 is 8.42 Å². The number of nitrogens with two attached hydrogens (primary N) is 1. The van der Waals surface area contributed by atoms with E-state index in [0.717, 1.165) is 29.0 Å². The van der Waals surface area contributed by atoms with Gasteiger partial charge in [0, 0.05) is 29.4 Å². The predicted molar refractivity (Wildman–Crippen MR) is 78.7 cm³/mol. The van der Waals surface area contributed by atoms with E-state index in [1.807, 2.05) is 13.8 Å². The highest BCUT2D eigenvalue weighted by atomic mass is 32.2. The van der Waals surface area contributed by atoms with Crippen molar-refractivity contribution >= 4 is 21.4 Å². The average Bonchev–Trinajstić information content (AvgIpc) is 3.09. The molecule has 1 aromatic rings. The standard InChI is InChI=1S/C13H22N2O2S2/c1-3-6-15(9-11-4-5-11)19(16,17)13-7-12(8-14)18-10(13)2/h7,11H,3-6,8-9,14H2,1-2H3. The van der Waals surface area contributed by atoms with E-state index in [-0.39, 0.29) is 0 Å². The monoisotopic (exact) mass is 302 g/mol. The summed E-state index contributed by atoms with van der Waals surface area (Å²) in [5, 5.41) is 0. The number of aryl methyl sites for hydroxylation is 1. The molecule has 6 heteroatoms. The lowest BCUT2D eigenvalue weighted by molar-refractivity contribution is 0.395. The Morgan fingerprint density at radius 1 is 1.47 bits per heavy atom. The van der Waals surface area contributed by atoms with Gasteiger partial charge in [0.15, 0.2) is 0 Å². The molecule has 0 aliphatic heterocycles. The van der Waals surface area contributed by atoms with Crippen LogP contribution < -0.4 is 5.73 Å². The number of sulfonamides is 1. The first-order chi connectivity index (χ1) is 8.98. The highest BCUT2D eigenvalue weighted by molar-refractivity contribution is 7.89. The van der Waals surface area contributed by atoms with Crippen LogP contribution in [-0.4, -0.2) is 25.8 Å². The Hall–Kier alpha value is -0.430. The Bertz CT molecular complexity index is 533. The smallest absolute Gasteiger partial charge is 0.244 e. The zero-order valence-corrected chi connectivity index (χ0v) is 13.2. The van der Waals surface area contributed by atoms with Gasteiger partial charge in [-0.25, -0.2) is 8.42 Å². The van der Waals surface area contributed by atoms with Crippen LogP contribution in [0.1, 0.15) is 35.9 Å². The summed E-state index contributed by atoms with van der Waals surface area (Å²) in [6.07, 6.45) is 3.16. The molecule has 0 atom stereocenters. The molecule has 0 amide bonds. The topological polar surface area (TPSA) is 63.4 Å². The zero-order valence-electron chi connectivity index (χ0n) is 11.6. The van der Waals surface area contributed by atoms with Crippen molar-refractivity contribution in [2.75, 3.05) is 13.1 Å². The summed E-state index contributed by atoms with van der Waals surface area (Å²) in [6.45, 7) is 5.55. The Labute approximate surface area is 119 Å². The normalized spacial score (nSPS) is 16.2. The van der Waals surface area contributed by atoms with Crippen LogP contribution in [0.25, 0.3) is 0 Å². The van der Waals surface area contributed by atoms with Crippen molar-refractivity contribution in [3.63, 3.8) is 0 Å². The molecule has 2 N–H and O–H groups in total. The lowest BCUT2D eigenvalue weighted by Crippen LogP contribution is -2.33. The third-order valence-corrected chi connectivity index (χ3v) is 6.57. The van der Waals surface area contributed by atoms with Gasteiger partial charge in [-0.3, -0.25) is 0 Å². The molecule has 1 aromatic heterocycles. The molecule has 1 heterocycles. The second kappa shape index (κ2) is 5.91. The minimum atomic E-state index is -3.35. The fourth-order valence-corrected chi connectivity index (χ4v) is 5.26. The molecule has 4 nitrogen and oxygen atoms in total. The van der Waals surface area contributed by atoms with Gasteiger partial charge in [0.1, 0.15) is 0 Å². The number of hydrogen-bond acceptors (Lipinski definition) is 4. The Balaban J connectivity index is 2.28. The predicted octanol–water partition coefficient (Wildman–Crippen LogP) is 2.33. The van der Waals surface area contributed by atoms with Crippen LogP contribution in [0.15, 0.2) is 11.0 Å². The molecule has 1 aliphatic carbocycles. The summed E-state index contributed by atoms with van der Waals surface area (Å²) in [6, 6.07) is 1.74. The average molecular weight is 302 g/mol. The van der Waals surface area contributed by atoms with Gasteiger partial charge in [-0.2, -0.15) is 4.31 Å². The van der Waals surface area contributed by atoms with Crippen LogP contribution >= 0.6 is 11.3 Å². The molecule has 1 saturated carbocycles. The molecule has 1 fully saturated rings. The number of thiophene rings is 1. The van der Waals surface area contributed by atoms with Gasteiger partial charge >= 0.3 is 0 Å². The summed E-state index contributed by atoms with van der Waals surface area (Å²) < 4.78 is 27.1. The molecule has 1 aliphatic rings. The van der Waals surface area contributed by atoms with Crippen molar-refractivity contribution in [3.05, 3.63) is 15.8 Å². The second-order valence-corrected chi connectivity index (χ2v) is 8.39. The van der Waals surface area contributed by atoms with Crippen LogP contribution in [0.4, 0.5) is 0 Å². The van der Waals surface area contributed by atoms with Crippen molar-refractivity contribution in [2.45, 2.75) is 44.6 Å². The van der Waals surface area contributed by atoms with Crippen LogP contribution in [0.3, 0.4) is 0 Å². The van der Waals surface area contributed by atoms with Crippen LogP contribution in [0.5, 0.6) is 0 Å². The molecule has 0 saturated heterocycles. The van der Waals surface area contributed by atoms with E-state index in [9.17, 15) is 8.42 Å². The van der Waals surface area contributed by atoms with E-state index in [4.69, 9.17) is 5.73 Å². The minimum absolute atomic E-state index is 0.400. The molecule has 108 valence electrons. The molecule has 0 aromatic carbocycles. The lowest BCUT2D eigenvalue weighted by atomic mass is 10.4. The van der Waals surface area contributed by atoms with Crippen molar-refractivity contribution in [3.8, 4) is 0 Å². The van der Waals surface area contributed by atoms with E-state index in [2.05, 4.69) is 0 Å². The van der Waals surface area contributed by atoms with Gasteiger partial charge in [0.2, 0.25) is 10.0 Å². The molecule has 0 radical (unpaired) electrons. The van der Waals surface area contributed by atoms with E-state index in [1.54, 1.807) is 10.4 Å². The van der Waals surface area contributed by atoms with E-state index >= 15 is 0 Å². The molecule has 19 heavy (non-hydrogen) atoms. The summed E-state index contributed by atoms with van der Waals surface area (Å²) in [5.74, 6) is 0.564. The van der Waals surface area contributed by atoms with Gasteiger partial charge in [0.05, 0.1) is 4.90 Å². The number of hydrogen-bond donors (Lipinski definition) is 1. The molecule has 0 bridgehead atoms. The molecule has 0 unspecified atom stereocenters. The first-order valence-electron chi connectivity index (χ1n) is 6.78. The Kier molecular flexibility index (Phi) is 4.66. The van der Waals surface area contributed by atoms with E-state index < -0.39 is 10.0 Å². The Morgan fingerprint density at radius 2 is 2.16 bits per heavy atom. The van der Waals surface area contributed by atoms with Crippen molar-refractivity contribution in [2.24, 2.45) is 11.7 Å². The van der Waals surface area contributed by atoms with Crippen LogP contribution in [0, 0.1) is 12.8 Å². The second-order valence-electron chi connectivity index (χ2n) is 5.14. The van der Waals surface area contributed by atoms with Crippen molar-refractivity contribution in [1.82, 2.24) is 4.31 Å². The fraction of sp³-hybridized carbons (Fsp3) is 0.692. The maximum absolute atomic E-state index is 12.7. The highest BCUT2D eigenvalue weighted by Gasteiger charge is 2.32. The van der Waals surface area contributed by atoms with Gasteiger partial charge in [0.25, 0.3) is 0 Å². The largest absolute Gasteiger partial charge is 0.326 e. The zero-order chi connectivity index (χ0) is 14.0. The summed E-state index contributed by atoms with van der Waals surface area (Å²) in [5.41, 5.74) is 5.60. The first kappa shape index (κ1) is 15.0. The van der Waals surface area contributed by atoms with Crippen LogP contribution in [-0.2, 0) is 16.6 Å². The van der Waals surface area contributed by atoms with E-state index in [0.29, 0.717) is 30.4 Å². The third-order valence-electron chi connectivity index (χ3n) is 3.37. The van der Waals surface area contributed by atoms with Gasteiger partial charge in [-0.05, 0) is 38.2 Å². The third kappa shape index (κ3) is 3.37.